The van der Waals surface area contributed by atoms with E-state index in [0.717, 1.165) is 31.6 Å². The third-order valence-electron chi connectivity index (χ3n) is 5.17. The monoisotopic (exact) mass is 366 g/mol. The smallest absolute Gasteiger partial charge is 0.164 e. The van der Waals surface area contributed by atoms with Crippen molar-refractivity contribution in [3.8, 4) is 0 Å². The lowest BCUT2D eigenvalue weighted by Gasteiger charge is -2.37. The number of hydrogen-bond acceptors (Lipinski definition) is 4. The number of ether oxygens (including phenoxy) is 4. The minimum Gasteiger partial charge on any atom is -0.352 e. The number of rotatable bonds is 8. The molecule has 1 aromatic rings. The summed E-state index contributed by atoms with van der Waals surface area (Å²) in [6, 6.07) is 6.59. The molecule has 0 radical (unpaired) electrons. The maximum Gasteiger partial charge on any atom is 0.164 e. The molecule has 2 aliphatic heterocycles. The summed E-state index contributed by atoms with van der Waals surface area (Å²) in [4.78, 5) is 0. The number of unbranched alkanes of at least 4 members (excludes halogenated alkanes) is 2. The molecule has 0 N–H and O–H groups in total. The van der Waals surface area contributed by atoms with Crippen molar-refractivity contribution in [1.82, 2.24) is 0 Å². The summed E-state index contributed by atoms with van der Waals surface area (Å²) in [6.07, 6.45) is 6.13. The molecule has 0 unspecified atom stereocenters. The van der Waals surface area contributed by atoms with Crippen molar-refractivity contribution in [3.63, 3.8) is 0 Å². The van der Waals surface area contributed by atoms with Crippen LogP contribution in [0.1, 0.15) is 44.6 Å². The molecule has 0 aliphatic carbocycles. The highest BCUT2D eigenvalue weighted by Crippen LogP contribution is 2.25. The van der Waals surface area contributed by atoms with Gasteiger partial charge in [-0.3, -0.25) is 0 Å². The molecule has 0 aromatic heterocycles. The molecule has 2 aliphatic rings. The van der Waals surface area contributed by atoms with Crippen LogP contribution in [0.5, 0.6) is 0 Å². The average Bonchev–Trinajstić information content (AvgIpc) is 2.69. The van der Waals surface area contributed by atoms with E-state index in [-0.39, 0.29) is 24.3 Å². The minimum absolute atomic E-state index is 0.133. The van der Waals surface area contributed by atoms with Crippen LogP contribution in [-0.4, -0.2) is 39.0 Å². The molecule has 146 valence electrons. The first-order valence-corrected chi connectivity index (χ1v) is 9.95. The van der Waals surface area contributed by atoms with Gasteiger partial charge in [-0.1, -0.05) is 38.3 Å². The SMILES string of the molecule is CCCCC[C@H]1CO[C@H]([C@H]2CO[C@H](CCc3ccc(F)cc3)OC2)OC1. The van der Waals surface area contributed by atoms with Crippen LogP contribution in [0.2, 0.25) is 0 Å². The van der Waals surface area contributed by atoms with Gasteiger partial charge in [0.15, 0.2) is 12.6 Å². The minimum atomic E-state index is -0.213. The summed E-state index contributed by atoms with van der Waals surface area (Å²) in [5.74, 6) is 0.446. The maximum atomic E-state index is 12.9. The van der Waals surface area contributed by atoms with E-state index in [9.17, 15) is 4.39 Å². The van der Waals surface area contributed by atoms with Crippen molar-refractivity contribution < 1.29 is 23.3 Å². The van der Waals surface area contributed by atoms with Crippen molar-refractivity contribution >= 4 is 0 Å². The molecule has 0 amide bonds. The van der Waals surface area contributed by atoms with Gasteiger partial charge in [0.25, 0.3) is 0 Å². The van der Waals surface area contributed by atoms with Crippen LogP contribution in [0.3, 0.4) is 0 Å². The highest BCUT2D eigenvalue weighted by Gasteiger charge is 2.33. The Kier molecular flexibility index (Phi) is 7.86. The molecule has 2 saturated heterocycles. The first kappa shape index (κ1) is 19.7. The van der Waals surface area contributed by atoms with Gasteiger partial charge in [-0.05, 0) is 30.5 Å². The predicted molar refractivity (Wildman–Crippen MR) is 97.2 cm³/mol. The molecule has 3 rings (SSSR count). The number of hydrogen-bond donors (Lipinski definition) is 0. The molecule has 0 bridgehead atoms. The first-order valence-electron chi connectivity index (χ1n) is 9.95. The molecule has 2 fully saturated rings. The molecular formula is C21H31FO4. The van der Waals surface area contributed by atoms with Crippen LogP contribution in [0.4, 0.5) is 4.39 Å². The number of halogens is 1. The second kappa shape index (κ2) is 10.4. The van der Waals surface area contributed by atoms with Gasteiger partial charge >= 0.3 is 0 Å². The summed E-state index contributed by atoms with van der Waals surface area (Å²) in [5.41, 5.74) is 1.09. The largest absolute Gasteiger partial charge is 0.352 e. The van der Waals surface area contributed by atoms with E-state index >= 15 is 0 Å². The first-order chi connectivity index (χ1) is 12.7. The van der Waals surface area contributed by atoms with Crippen LogP contribution >= 0.6 is 0 Å². The van der Waals surface area contributed by atoms with Gasteiger partial charge in [0, 0.05) is 12.3 Å². The quantitative estimate of drug-likeness (QED) is 0.642. The molecule has 5 heteroatoms. The number of aryl methyl sites for hydroxylation is 1. The van der Waals surface area contributed by atoms with Gasteiger partial charge in [-0.15, -0.1) is 0 Å². The van der Waals surface area contributed by atoms with E-state index in [1.165, 1.54) is 37.8 Å². The standard InChI is InChI=1S/C21H31FO4/c1-2-3-4-5-17-12-25-21(26-13-17)18-14-23-20(24-15-18)11-8-16-6-9-19(22)10-7-16/h6-7,9-10,17-18,20-21H,2-5,8,11-15H2,1H3/t17-,18-,20-,21-. The van der Waals surface area contributed by atoms with Crippen LogP contribution in [-0.2, 0) is 25.4 Å². The topological polar surface area (TPSA) is 36.9 Å². The zero-order valence-corrected chi connectivity index (χ0v) is 15.7. The third kappa shape index (κ3) is 6.02. The lowest BCUT2D eigenvalue weighted by atomic mass is 10.0. The second-order valence-electron chi connectivity index (χ2n) is 7.42. The fourth-order valence-corrected chi connectivity index (χ4v) is 3.50. The normalized spacial score (nSPS) is 29.6. The Morgan fingerprint density at radius 3 is 2.23 bits per heavy atom. The van der Waals surface area contributed by atoms with E-state index in [0.29, 0.717) is 19.1 Å². The van der Waals surface area contributed by atoms with Crippen LogP contribution in [0.15, 0.2) is 24.3 Å². The zero-order valence-electron chi connectivity index (χ0n) is 15.7. The Morgan fingerprint density at radius 2 is 1.58 bits per heavy atom. The number of benzene rings is 1. The summed E-state index contributed by atoms with van der Waals surface area (Å²) < 4.78 is 36.4. The molecule has 2 heterocycles. The van der Waals surface area contributed by atoms with Crippen molar-refractivity contribution in [2.24, 2.45) is 11.8 Å². The molecule has 0 spiro atoms. The van der Waals surface area contributed by atoms with Crippen molar-refractivity contribution in [2.75, 3.05) is 26.4 Å². The van der Waals surface area contributed by atoms with Gasteiger partial charge in [0.1, 0.15) is 5.82 Å². The zero-order chi connectivity index (χ0) is 18.2. The summed E-state index contributed by atoms with van der Waals surface area (Å²) >= 11 is 0. The van der Waals surface area contributed by atoms with E-state index in [4.69, 9.17) is 18.9 Å². The molecule has 26 heavy (non-hydrogen) atoms. The Labute approximate surface area is 156 Å². The summed E-state index contributed by atoms with van der Waals surface area (Å²) in [7, 11) is 0. The van der Waals surface area contributed by atoms with Crippen molar-refractivity contribution in [2.45, 2.75) is 58.0 Å². The predicted octanol–water partition coefficient (Wildman–Crippen LogP) is 4.32. The van der Waals surface area contributed by atoms with E-state index in [1.54, 1.807) is 0 Å². The highest BCUT2D eigenvalue weighted by molar-refractivity contribution is 5.16. The van der Waals surface area contributed by atoms with Crippen molar-refractivity contribution in [3.05, 3.63) is 35.6 Å². The molecule has 4 nitrogen and oxygen atoms in total. The lowest BCUT2D eigenvalue weighted by molar-refractivity contribution is -0.281. The van der Waals surface area contributed by atoms with E-state index in [2.05, 4.69) is 6.92 Å². The van der Waals surface area contributed by atoms with Crippen LogP contribution < -0.4 is 0 Å². The molecule has 0 saturated carbocycles. The van der Waals surface area contributed by atoms with E-state index in [1.807, 2.05) is 12.1 Å². The fourth-order valence-electron chi connectivity index (χ4n) is 3.50. The molecule has 1 aromatic carbocycles. The highest BCUT2D eigenvalue weighted by atomic mass is 19.1. The maximum absolute atomic E-state index is 12.9. The Hall–Kier alpha value is -1.01. The average molecular weight is 366 g/mol. The Balaban J connectivity index is 1.32. The second-order valence-corrected chi connectivity index (χ2v) is 7.42. The Morgan fingerprint density at radius 1 is 0.885 bits per heavy atom. The van der Waals surface area contributed by atoms with Crippen molar-refractivity contribution in [1.29, 1.82) is 0 Å². The molecule has 0 atom stereocenters. The van der Waals surface area contributed by atoms with Gasteiger partial charge < -0.3 is 18.9 Å². The fraction of sp³-hybridized carbons (Fsp3) is 0.714. The Bertz CT molecular complexity index is 505. The van der Waals surface area contributed by atoms with Gasteiger partial charge in [0.05, 0.1) is 32.3 Å². The van der Waals surface area contributed by atoms with Crippen LogP contribution in [0, 0.1) is 17.7 Å². The summed E-state index contributed by atoms with van der Waals surface area (Å²) in [5, 5.41) is 0. The third-order valence-corrected chi connectivity index (χ3v) is 5.17. The van der Waals surface area contributed by atoms with Gasteiger partial charge in [0.2, 0.25) is 0 Å². The van der Waals surface area contributed by atoms with Gasteiger partial charge in [-0.25, -0.2) is 4.39 Å². The van der Waals surface area contributed by atoms with Gasteiger partial charge in [-0.2, -0.15) is 0 Å². The lowest BCUT2D eigenvalue weighted by Crippen LogP contribution is -2.44. The summed E-state index contributed by atoms with van der Waals surface area (Å²) in [6.45, 7) is 4.97. The van der Waals surface area contributed by atoms with E-state index < -0.39 is 0 Å². The van der Waals surface area contributed by atoms with Crippen LogP contribution in [0.25, 0.3) is 0 Å². The molecular weight excluding hydrogens is 335 g/mol.